The van der Waals surface area contributed by atoms with E-state index in [-0.39, 0.29) is 5.69 Å². The molecule has 0 saturated heterocycles. The molecule has 150 valence electrons. The van der Waals surface area contributed by atoms with Crippen molar-refractivity contribution in [2.75, 3.05) is 24.3 Å². The summed E-state index contributed by atoms with van der Waals surface area (Å²) < 4.78 is 5.07. The van der Waals surface area contributed by atoms with Gasteiger partial charge in [0, 0.05) is 49.4 Å². The third kappa shape index (κ3) is 3.97. The van der Waals surface area contributed by atoms with E-state index in [1.165, 1.54) is 12.3 Å². The molecule has 1 N–H and O–H groups in total. The second-order valence-electron chi connectivity index (χ2n) is 6.87. The number of nitrogens with zero attached hydrogens (tertiary/aromatic N) is 4. The number of nitrogens with one attached hydrogen (secondary N) is 1. The summed E-state index contributed by atoms with van der Waals surface area (Å²) in [4.78, 5) is 21.7. The van der Waals surface area contributed by atoms with Gasteiger partial charge in [0.15, 0.2) is 0 Å². The molecule has 0 amide bonds. The minimum Gasteiger partial charge on any atom is -0.472 e. The summed E-state index contributed by atoms with van der Waals surface area (Å²) in [6.45, 7) is 0. The Balaban J connectivity index is 1.63. The molecule has 30 heavy (non-hydrogen) atoms. The second-order valence-corrected chi connectivity index (χ2v) is 6.87. The van der Waals surface area contributed by atoms with Crippen LogP contribution in [0.3, 0.4) is 0 Å². The highest BCUT2D eigenvalue weighted by Crippen LogP contribution is 2.33. The second kappa shape index (κ2) is 8.04. The molecule has 4 aromatic rings. The van der Waals surface area contributed by atoms with E-state index in [1.807, 2.05) is 49.3 Å². The van der Waals surface area contributed by atoms with Crippen molar-refractivity contribution in [2.45, 2.75) is 0 Å². The van der Waals surface area contributed by atoms with Crippen LogP contribution >= 0.6 is 0 Å². The maximum absolute atomic E-state index is 11.6. The number of anilines is 3. The molecule has 4 rings (SSSR count). The highest BCUT2D eigenvalue weighted by molar-refractivity contribution is 5.78. The summed E-state index contributed by atoms with van der Waals surface area (Å²) in [5.41, 5.74) is 4.38. The zero-order valence-corrected chi connectivity index (χ0v) is 16.4. The van der Waals surface area contributed by atoms with Crippen molar-refractivity contribution in [2.24, 2.45) is 0 Å². The maximum atomic E-state index is 11.6. The third-order valence-electron chi connectivity index (χ3n) is 4.56. The largest absolute Gasteiger partial charge is 0.472 e. The molecule has 2 aromatic carbocycles. The molecule has 0 unspecified atom stereocenters. The van der Waals surface area contributed by atoms with Crippen LogP contribution in [0.4, 0.5) is 23.0 Å². The predicted octanol–water partition coefficient (Wildman–Crippen LogP) is 5.12. The Labute approximate surface area is 173 Å². The molecule has 0 aliphatic carbocycles. The lowest BCUT2D eigenvalue weighted by Gasteiger charge is -2.11. The Morgan fingerprint density at radius 2 is 1.73 bits per heavy atom. The Morgan fingerprint density at radius 3 is 2.40 bits per heavy atom. The van der Waals surface area contributed by atoms with E-state index in [0.717, 1.165) is 22.4 Å². The lowest BCUT2D eigenvalue weighted by molar-refractivity contribution is -0.383. The van der Waals surface area contributed by atoms with Crippen LogP contribution in [0.2, 0.25) is 0 Å². The molecule has 0 bridgehead atoms. The molecule has 0 atom stereocenters. The summed E-state index contributed by atoms with van der Waals surface area (Å²) in [5.74, 6) is 0.626. The number of aromatic nitrogens is 2. The first-order valence-electron chi connectivity index (χ1n) is 9.19. The van der Waals surface area contributed by atoms with E-state index < -0.39 is 4.92 Å². The van der Waals surface area contributed by atoms with Crippen LogP contribution in [0.5, 0.6) is 0 Å². The van der Waals surface area contributed by atoms with Gasteiger partial charge in [-0.1, -0.05) is 18.2 Å². The van der Waals surface area contributed by atoms with Crippen LogP contribution in [0, 0.1) is 10.1 Å². The van der Waals surface area contributed by atoms with Gasteiger partial charge in [-0.2, -0.15) is 0 Å². The summed E-state index contributed by atoms with van der Waals surface area (Å²) in [5, 5.41) is 14.8. The van der Waals surface area contributed by atoms with Gasteiger partial charge in [0.2, 0.25) is 5.95 Å². The van der Waals surface area contributed by atoms with E-state index in [0.29, 0.717) is 17.2 Å². The minimum absolute atomic E-state index is 0.0160. The normalized spacial score (nSPS) is 10.6. The van der Waals surface area contributed by atoms with E-state index in [4.69, 9.17) is 4.42 Å². The average molecular weight is 401 g/mol. The first-order valence-corrected chi connectivity index (χ1v) is 9.19. The molecule has 8 nitrogen and oxygen atoms in total. The number of hydrogen-bond acceptors (Lipinski definition) is 7. The van der Waals surface area contributed by atoms with Crippen molar-refractivity contribution >= 4 is 23.0 Å². The Hall–Kier alpha value is -4.20. The number of nitro benzene ring substituents is 1. The van der Waals surface area contributed by atoms with Crippen LogP contribution in [0.1, 0.15) is 0 Å². The van der Waals surface area contributed by atoms with Crippen LogP contribution < -0.4 is 10.2 Å². The zero-order chi connectivity index (χ0) is 21.1. The fourth-order valence-corrected chi connectivity index (χ4v) is 3.03. The van der Waals surface area contributed by atoms with Crippen LogP contribution in [-0.4, -0.2) is 29.0 Å². The average Bonchev–Trinajstić information content (AvgIpc) is 3.29. The smallest absolute Gasteiger partial charge is 0.293 e. The fourth-order valence-electron chi connectivity index (χ4n) is 3.03. The Bertz CT molecular complexity index is 1170. The standard InChI is InChI=1S/C22H19N5O3/c1-26(2)22-23-12-18(13-24-22)15-4-3-5-19(10-15)25-20-7-6-16(11-21(20)27(28)29)17-8-9-30-14-17/h3-14,25H,1-2H3. The van der Waals surface area contributed by atoms with Crippen molar-refractivity contribution in [3.63, 3.8) is 0 Å². The Kier molecular flexibility index (Phi) is 5.13. The first-order chi connectivity index (χ1) is 14.5. The molecule has 0 spiro atoms. The van der Waals surface area contributed by atoms with Gasteiger partial charge in [-0.15, -0.1) is 0 Å². The number of hydrogen-bond donors (Lipinski definition) is 1. The van der Waals surface area contributed by atoms with Gasteiger partial charge >= 0.3 is 0 Å². The van der Waals surface area contributed by atoms with E-state index >= 15 is 0 Å². The minimum atomic E-state index is -0.399. The number of nitro groups is 1. The highest BCUT2D eigenvalue weighted by Gasteiger charge is 2.16. The number of benzene rings is 2. The van der Waals surface area contributed by atoms with E-state index in [9.17, 15) is 10.1 Å². The molecule has 2 aromatic heterocycles. The van der Waals surface area contributed by atoms with Crippen molar-refractivity contribution in [3.8, 4) is 22.3 Å². The monoisotopic (exact) mass is 401 g/mol. The highest BCUT2D eigenvalue weighted by atomic mass is 16.6. The van der Waals surface area contributed by atoms with Gasteiger partial charge in [-0.05, 0) is 35.4 Å². The summed E-state index contributed by atoms with van der Waals surface area (Å²) in [6, 6.07) is 14.4. The van der Waals surface area contributed by atoms with Crippen LogP contribution in [0.15, 0.2) is 77.9 Å². The zero-order valence-electron chi connectivity index (χ0n) is 16.4. The van der Waals surface area contributed by atoms with Crippen molar-refractivity contribution < 1.29 is 9.34 Å². The van der Waals surface area contributed by atoms with Crippen molar-refractivity contribution in [3.05, 3.63) is 83.6 Å². The summed E-state index contributed by atoms with van der Waals surface area (Å²) >= 11 is 0. The summed E-state index contributed by atoms with van der Waals surface area (Å²) in [7, 11) is 3.76. The Morgan fingerprint density at radius 1 is 0.967 bits per heavy atom. The lowest BCUT2D eigenvalue weighted by atomic mass is 10.1. The van der Waals surface area contributed by atoms with Gasteiger partial charge in [-0.3, -0.25) is 10.1 Å². The van der Waals surface area contributed by atoms with Gasteiger partial charge < -0.3 is 14.6 Å². The van der Waals surface area contributed by atoms with Crippen molar-refractivity contribution in [1.82, 2.24) is 9.97 Å². The molecule has 0 fully saturated rings. The molecule has 0 saturated carbocycles. The fraction of sp³-hybridized carbons (Fsp3) is 0.0909. The number of rotatable bonds is 6. The quantitative estimate of drug-likeness (QED) is 0.354. The molecule has 0 radical (unpaired) electrons. The molecular formula is C22H19N5O3. The molecule has 2 heterocycles. The van der Waals surface area contributed by atoms with E-state index in [2.05, 4.69) is 15.3 Å². The predicted molar refractivity (Wildman–Crippen MR) is 116 cm³/mol. The molecule has 0 aliphatic rings. The van der Waals surface area contributed by atoms with E-state index in [1.54, 1.807) is 30.8 Å². The SMILES string of the molecule is CN(C)c1ncc(-c2cccc(Nc3ccc(-c4ccoc4)cc3[N+](=O)[O-])c2)cn1. The number of furan rings is 1. The lowest BCUT2D eigenvalue weighted by Crippen LogP contribution is -2.12. The van der Waals surface area contributed by atoms with Gasteiger partial charge in [0.1, 0.15) is 5.69 Å². The maximum Gasteiger partial charge on any atom is 0.293 e. The first kappa shape index (κ1) is 19.1. The topological polar surface area (TPSA) is 97.3 Å². The molecular weight excluding hydrogens is 382 g/mol. The summed E-state index contributed by atoms with van der Waals surface area (Å²) in [6.07, 6.45) is 6.60. The molecule has 8 heteroatoms. The third-order valence-corrected chi connectivity index (χ3v) is 4.56. The van der Waals surface area contributed by atoms with Crippen molar-refractivity contribution in [1.29, 1.82) is 0 Å². The van der Waals surface area contributed by atoms with Crippen LogP contribution in [-0.2, 0) is 0 Å². The van der Waals surface area contributed by atoms with Gasteiger partial charge in [0.25, 0.3) is 5.69 Å². The van der Waals surface area contributed by atoms with Gasteiger partial charge in [-0.25, -0.2) is 9.97 Å². The van der Waals surface area contributed by atoms with Crippen LogP contribution in [0.25, 0.3) is 22.3 Å². The van der Waals surface area contributed by atoms with Gasteiger partial charge in [0.05, 0.1) is 17.4 Å². The molecule has 0 aliphatic heterocycles.